The first kappa shape index (κ1) is 21.9. The predicted octanol–water partition coefficient (Wildman–Crippen LogP) is 3.57. The molecule has 0 aromatic heterocycles. The van der Waals surface area contributed by atoms with E-state index >= 15 is 0 Å². The van der Waals surface area contributed by atoms with Crippen LogP contribution in [0.15, 0.2) is 23.2 Å². The lowest BCUT2D eigenvalue weighted by atomic mass is 10.1. The van der Waals surface area contributed by atoms with Gasteiger partial charge in [-0.2, -0.15) is 0 Å². The van der Waals surface area contributed by atoms with Gasteiger partial charge in [0.15, 0.2) is 5.96 Å². The van der Waals surface area contributed by atoms with Gasteiger partial charge in [0.25, 0.3) is 0 Å². The van der Waals surface area contributed by atoms with Crippen molar-refractivity contribution in [3.63, 3.8) is 0 Å². The van der Waals surface area contributed by atoms with Crippen LogP contribution in [0.25, 0.3) is 0 Å². The number of aryl methyl sites for hydroxylation is 1. The molecule has 1 heterocycles. The Labute approximate surface area is 175 Å². The highest BCUT2D eigenvalue weighted by atomic mass is 16.5. The summed E-state index contributed by atoms with van der Waals surface area (Å²) in [5.74, 6) is 1.81. The van der Waals surface area contributed by atoms with Gasteiger partial charge in [0, 0.05) is 45.5 Å². The summed E-state index contributed by atoms with van der Waals surface area (Å²) < 4.78 is 17.6. The molecule has 6 heteroatoms. The zero-order valence-electron chi connectivity index (χ0n) is 18.0. The van der Waals surface area contributed by atoms with E-state index in [2.05, 4.69) is 40.7 Å². The van der Waals surface area contributed by atoms with E-state index in [4.69, 9.17) is 14.2 Å². The Balaban J connectivity index is 1.39. The van der Waals surface area contributed by atoms with Gasteiger partial charge in [-0.1, -0.05) is 12.1 Å². The number of nitrogens with one attached hydrogen (secondary N) is 2. The number of guanidine groups is 1. The summed E-state index contributed by atoms with van der Waals surface area (Å²) in [6.07, 6.45) is 8.59. The quantitative estimate of drug-likeness (QED) is 0.375. The molecule has 6 nitrogen and oxygen atoms in total. The second-order valence-corrected chi connectivity index (χ2v) is 8.02. The highest BCUT2D eigenvalue weighted by Crippen LogP contribution is 2.27. The minimum Gasteiger partial charge on any atom is -0.490 e. The van der Waals surface area contributed by atoms with E-state index in [-0.39, 0.29) is 0 Å². The average molecular weight is 404 g/mol. The minimum absolute atomic E-state index is 0.362. The molecular formula is C23H37N3O3. The molecule has 2 aliphatic rings. The van der Waals surface area contributed by atoms with E-state index in [1.165, 1.54) is 36.8 Å². The van der Waals surface area contributed by atoms with E-state index in [0.29, 0.717) is 18.8 Å². The molecule has 0 amide bonds. The standard InChI is InChI=1S/C23H37N3O3/c1-18-8-9-19(22(16-18)29-21-6-3-4-7-21)17-26-23(24-2)25-12-5-13-28-20-10-14-27-15-11-20/h8-9,16,20-21H,3-7,10-15,17H2,1-2H3,(H2,24,25,26). The Morgan fingerprint density at radius 2 is 1.90 bits per heavy atom. The molecule has 0 bridgehead atoms. The van der Waals surface area contributed by atoms with Crippen molar-refractivity contribution in [2.45, 2.75) is 70.6 Å². The topological polar surface area (TPSA) is 64.1 Å². The number of benzene rings is 1. The Morgan fingerprint density at radius 1 is 1.10 bits per heavy atom. The fraction of sp³-hybridized carbons (Fsp3) is 0.696. The lowest BCUT2D eigenvalue weighted by Gasteiger charge is -2.22. The van der Waals surface area contributed by atoms with Crippen molar-refractivity contribution in [2.75, 3.05) is 33.4 Å². The summed E-state index contributed by atoms with van der Waals surface area (Å²) in [4.78, 5) is 4.34. The van der Waals surface area contributed by atoms with Crippen molar-refractivity contribution in [2.24, 2.45) is 4.99 Å². The van der Waals surface area contributed by atoms with Crippen molar-refractivity contribution in [1.82, 2.24) is 10.6 Å². The van der Waals surface area contributed by atoms with Crippen LogP contribution in [0.3, 0.4) is 0 Å². The lowest BCUT2D eigenvalue weighted by Crippen LogP contribution is -2.37. The second-order valence-electron chi connectivity index (χ2n) is 8.02. The number of hydrogen-bond acceptors (Lipinski definition) is 4. The molecule has 1 aliphatic heterocycles. The SMILES string of the molecule is CN=C(NCCCOC1CCOCC1)NCc1ccc(C)cc1OC1CCCC1. The van der Waals surface area contributed by atoms with Crippen LogP contribution in [0.2, 0.25) is 0 Å². The van der Waals surface area contributed by atoms with E-state index in [9.17, 15) is 0 Å². The number of aliphatic imine (C=N–C) groups is 1. The summed E-state index contributed by atoms with van der Waals surface area (Å²) in [5.41, 5.74) is 2.40. The predicted molar refractivity (Wildman–Crippen MR) is 117 cm³/mol. The molecule has 2 fully saturated rings. The molecule has 0 atom stereocenters. The van der Waals surface area contributed by atoms with Crippen LogP contribution in [0.1, 0.15) is 56.1 Å². The van der Waals surface area contributed by atoms with Gasteiger partial charge in [-0.15, -0.1) is 0 Å². The molecule has 162 valence electrons. The number of hydrogen-bond donors (Lipinski definition) is 2. The van der Waals surface area contributed by atoms with Gasteiger partial charge in [-0.25, -0.2) is 0 Å². The van der Waals surface area contributed by atoms with Crippen molar-refractivity contribution < 1.29 is 14.2 Å². The molecule has 3 rings (SSSR count). The molecular weight excluding hydrogens is 366 g/mol. The van der Waals surface area contributed by atoms with E-state index in [0.717, 1.165) is 57.3 Å². The minimum atomic E-state index is 0.362. The Kier molecular flexibility index (Phi) is 9.09. The zero-order chi connectivity index (χ0) is 20.3. The Bertz CT molecular complexity index is 638. The van der Waals surface area contributed by atoms with Crippen molar-refractivity contribution in [3.05, 3.63) is 29.3 Å². The summed E-state index contributed by atoms with van der Waals surface area (Å²) in [5, 5.41) is 6.79. The highest BCUT2D eigenvalue weighted by Gasteiger charge is 2.18. The van der Waals surface area contributed by atoms with Crippen LogP contribution >= 0.6 is 0 Å². The maximum absolute atomic E-state index is 6.30. The van der Waals surface area contributed by atoms with Gasteiger partial charge < -0.3 is 24.8 Å². The van der Waals surface area contributed by atoms with Gasteiger partial charge in [0.1, 0.15) is 5.75 Å². The van der Waals surface area contributed by atoms with Crippen LogP contribution in [0.4, 0.5) is 0 Å². The van der Waals surface area contributed by atoms with Crippen molar-refractivity contribution in [1.29, 1.82) is 0 Å². The first-order chi connectivity index (χ1) is 14.2. The first-order valence-corrected chi connectivity index (χ1v) is 11.1. The van der Waals surface area contributed by atoms with Gasteiger partial charge in [0.2, 0.25) is 0 Å². The molecule has 1 aromatic rings. The maximum atomic E-state index is 6.30. The van der Waals surface area contributed by atoms with Gasteiger partial charge in [-0.05, 0) is 63.5 Å². The third kappa shape index (κ3) is 7.52. The Hall–Kier alpha value is -1.79. The summed E-state index contributed by atoms with van der Waals surface area (Å²) in [6, 6.07) is 6.45. The summed E-state index contributed by atoms with van der Waals surface area (Å²) >= 11 is 0. The Morgan fingerprint density at radius 3 is 2.66 bits per heavy atom. The maximum Gasteiger partial charge on any atom is 0.191 e. The highest BCUT2D eigenvalue weighted by molar-refractivity contribution is 5.79. The second kappa shape index (κ2) is 12.0. The van der Waals surface area contributed by atoms with E-state index in [1.807, 2.05) is 0 Å². The molecule has 2 N–H and O–H groups in total. The van der Waals surface area contributed by atoms with Gasteiger partial charge in [0.05, 0.1) is 12.2 Å². The van der Waals surface area contributed by atoms with Gasteiger partial charge >= 0.3 is 0 Å². The number of nitrogens with zero attached hydrogens (tertiary/aromatic N) is 1. The van der Waals surface area contributed by atoms with E-state index in [1.54, 1.807) is 7.05 Å². The normalized spacial score (nSPS) is 18.8. The first-order valence-electron chi connectivity index (χ1n) is 11.1. The molecule has 0 unspecified atom stereocenters. The molecule has 1 saturated carbocycles. The third-order valence-corrected chi connectivity index (χ3v) is 5.62. The fourth-order valence-corrected chi connectivity index (χ4v) is 3.87. The molecule has 0 spiro atoms. The fourth-order valence-electron chi connectivity index (χ4n) is 3.87. The zero-order valence-corrected chi connectivity index (χ0v) is 18.0. The van der Waals surface area contributed by atoms with Gasteiger partial charge in [-0.3, -0.25) is 4.99 Å². The third-order valence-electron chi connectivity index (χ3n) is 5.62. The van der Waals surface area contributed by atoms with Crippen LogP contribution < -0.4 is 15.4 Å². The monoisotopic (exact) mass is 403 g/mol. The van der Waals surface area contributed by atoms with Crippen LogP contribution in [0.5, 0.6) is 5.75 Å². The summed E-state index contributed by atoms with van der Waals surface area (Å²) in [6.45, 7) is 6.06. The van der Waals surface area contributed by atoms with E-state index < -0.39 is 0 Å². The van der Waals surface area contributed by atoms with Crippen LogP contribution in [-0.2, 0) is 16.0 Å². The number of rotatable bonds is 9. The molecule has 1 saturated heterocycles. The molecule has 1 aliphatic carbocycles. The van der Waals surface area contributed by atoms with Crippen molar-refractivity contribution in [3.8, 4) is 5.75 Å². The largest absolute Gasteiger partial charge is 0.490 e. The average Bonchev–Trinajstić information content (AvgIpc) is 3.25. The van der Waals surface area contributed by atoms with Crippen molar-refractivity contribution >= 4 is 5.96 Å². The number of ether oxygens (including phenoxy) is 3. The smallest absolute Gasteiger partial charge is 0.191 e. The molecule has 0 radical (unpaired) electrons. The molecule has 1 aromatic carbocycles. The molecule has 29 heavy (non-hydrogen) atoms. The van der Waals surface area contributed by atoms with Crippen LogP contribution in [0, 0.1) is 6.92 Å². The lowest BCUT2D eigenvalue weighted by molar-refractivity contribution is -0.0320. The summed E-state index contributed by atoms with van der Waals surface area (Å²) in [7, 11) is 1.80. The van der Waals surface area contributed by atoms with Crippen LogP contribution in [-0.4, -0.2) is 51.6 Å².